The molecule has 4 N–H and O–H groups in total. The number of rotatable bonds is 3. The molecule has 0 spiro atoms. The first-order chi connectivity index (χ1) is 8.28. The van der Waals surface area contributed by atoms with Gasteiger partial charge in [0, 0.05) is 26.2 Å². The molecule has 1 heterocycles. The van der Waals surface area contributed by atoms with Gasteiger partial charge in [-0.15, -0.1) is 0 Å². The molecule has 78 valence electrons. The predicted molar refractivity (Wildman–Crippen MR) is 57.6 cm³/mol. The summed E-state index contributed by atoms with van der Waals surface area (Å²) < 4.78 is 23.2. The zero-order chi connectivity index (χ0) is 13.6. The van der Waals surface area contributed by atoms with E-state index in [0.29, 0.717) is 10.9 Å². The number of H-pyrrole nitrogens is 1. The van der Waals surface area contributed by atoms with Gasteiger partial charge in [0.25, 0.3) is 0 Å². The maximum atomic E-state index is 10.9. The molecule has 1 aromatic carbocycles. The van der Waals surface area contributed by atoms with E-state index in [1.165, 1.54) is 6.20 Å². The fourth-order valence-corrected chi connectivity index (χ4v) is 1.37. The number of benzene rings is 1. The van der Waals surface area contributed by atoms with E-state index in [0.717, 1.165) is 0 Å². The van der Waals surface area contributed by atoms with Gasteiger partial charge in [-0.3, -0.25) is 4.79 Å². The lowest BCUT2D eigenvalue weighted by Crippen LogP contribution is -2.32. The highest BCUT2D eigenvalue weighted by Crippen LogP contribution is 2.18. The van der Waals surface area contributed by atoms with Gasteiger partial charge < -0.3 is 15.8 Å². The molecule has 0 saturated heterocycles. The fraction of sp³-hybridized carbons (Fsp3) is 0.182. The number of carboxylic acids is 1. The Balaban J connectivity index is 2.64. The van der Waals surface area contributed by atoms with Gasteiger partial charge in [0.05, 0.1) is 1.37 Å². The maximum absolute atomic E-state index is 10.9. The van der Waals surface area contributed by atoms with Gasteiger partial charge in [0.2, 0.25) is 0 Å². The summed E-state index contributed by atoms with van der Waals surface area (Å²) in [6, 6.07) is 4.11. The lowest BCUT2D eigenvalue weighted by molar-refractivity contribution is -0.138. The van der Waals surface area contributed by atoms with Crippen molar-refractivity contribution < 1.29 is 14.0 Å². The Morgan fingerprint density at radius 2 is 2.40 bits per heavy atom. The highest BCUT2D eigenvalue weighted by Gasteiger charge is 2.14. The third-order valence-electron chi connectivity index (χ3n) is 2.09. The summed E-state index contributed by atoms with van der Waals surface area (Å²) in [6.45, 7) is 0. The van der Waals surface area contributed by atoms with Gasteiger partial charge in [0.1, 0.15) is 6.02 Å². The van der Waals surface area contributed by atoms with Crippen molar-refractivity contribution in [3.63, 3.8) is 0 Å². The van der Waals surface area contributed by atoms with Crippen molar-refractivity contribution in [3.05, 3.63) is 36.0 Å². The van der Waals surface area contributed by atoms with Crippen molar-refractivity contribution in [1.82, 2.24) is 4.98 Å². The van der Waals surface area contributed by atoms with Gasteiger partial charge in [-0.2, -0.15) is 0 Å². The van der Waals surface area contributed by atoms with Crippen molar-refractivity contribution in [2.24, 2.45) is 5.73 Å². The van der Waals surface area contributed by atoms with E-state index >= 15 is 0 Å². The molecule has 0 fully saturated rings. The summed E-state index contributed by atoms with van der Waals surface area (Å²) in [5.41, 5.74) is 6.03. The zero-order valence-corrected chi connectivity index (χ0v) is 7.82. The molecule has 1 aromatic heterocycles. The third-order valence-corrected chi connectivity index (χ3v) is 2.09. The highest BCUT2D eigenvalue weighted by molar-refractivity contribution is 5.84. The molecule has 0 aliphatic carbocycles. The van der Waals surface area contributed by atoms with Crippen LogP contribution in [-0.4, -0.2) is 22.1 Å². The summed E-state index contributed by atoms with van der Waals surface area (Å²) in [5, 5.41) is 9.40. The topological polar surface area (TPSA) is 79.1 Å². The minimum atomic E-state index is -2.75. The molecule has 0 amide bonds. The van der Waals surface area contributed by atoms with Crippen LogP contribution in [0.2, 0.25) is 0 Å². The predicted octanol–water partition coefficient (Wildman–Crippen LogP) is 1.12. The number of nitrogens with one attached hydrogen (secondary N) is 1. The van der Waals surface area contributed by atoms with Crippen LogP contribution < -0.4 is 5.73 Å². The molecule has 15 heavy (non-hydrogen) atoms. The summed E-state index contributed by atoms with van der Waals surface area (Å²) in [6.07, 6.45) is -1.16. The van der Waals surface area contributed by atoms with Crippen molar-refractivity contribution in [2.45, 2.75) is 12.4 Å². The second-order valence-corrected chi connectivity index (χ2v) is 3.09. The third kappa shape index (κ3) is 1.85. The first kappa shape index (κ1) is 6.63. The monoisotopic (exact) mass is 207 g/mol. The zero-order valence-electron chi connectivity index (χ0n) is 10.8. The smallest absolute Gasteiger partial charge is 0.320 e. The van der Waals surface area contributed by atoms with E-state index in [4.69, 9.17) is 15.0 Å². The average Bonchev–Trinajstić information content (AvgIpc) is 2.72. The van der Waals surface area contributed by atoms with Crippen LogP contribution in [0.4, 0.5) is 0 Å². The van der Waals surface area contributed by atoms with Crippen LogP contribution in [-0.2, 0) is 11.2 Å². The van der Waals surface area contributed by atoms with Crippen molar-refractivity contribution >= 4 is 16.9 Å². The molecular formula is C11H12N2O2. The van der Waals surface area contributed by atoms with Crippen molar-refractivity contribution in [2.75, 3.05) is 0 Å². The number of hydrogen-bond donors (Lipinski definition) is 3. The Morgan fingerprint density at radius 3 is 3.13 bits per heavy atom. The molecule has 4 nitrogen and oxygen atoms in total. The highest BCUT2D eigenvalue weighted by atomic mass is 16.4. The van der Waals surface area contributed by atoms with E-state index in [-0.39, 0.29) is 5.56 Å². The Morgan fingerprint density at radius 1 is 1.67 bits per heavy atom. The number of para-hydroxylation sites is 1. The first-order valence-electron chi connectivity index (χ1n) is 5.87. The number of carbonyl (C=O) groups is 1. The van der Waals surface area contributed by atoms with Crippen molar-refractivity contribution in [3.8, 4) is 0 Å². The standard InChI is InChI=1S/C11H12N2O2/c12-9(11(14)15)5-7-6-13-10-4-2-1-3-8(7)10/h1-4,6,9,13H,5,12H2,(H,14,15)/t9-/m1/s1/i5D2,9D. The van der Waals surface area contributed by atoms with Gasteiger partial charge >= 0.3 is 5.97 Å². The Kier molecular flexibility index (Phi) is 1.66. The SMILES string of the molecule is [2H]C([2H])(c1c[nH]c2ccccc12)[C@@]([2H])(N)C(=O)O. The van der Waals surface area contributed by atoms with Crippen LogP contribution >= 0.6 is 0 Å². The summed E-state index contributed by atoms with van der Waals surface area (Å²) >= 11 is 0. The lowest BCUT2D eigenvalue weighted by atomic mass is 10.1. The van der Waals surface area contributed by atoms with Gasteiger partial charge in [-0.1, -0.05) is 18.2 Å². The fourth-order valence-electron chi connectivity index (χ4n) is 1.37. The molecule has 0 radical (unpaired) electrons. The number of aliphatic carboxylic acids is 1. The van der Waals surface area contributed by atoms with Gasteiger partial charge in [0.15, 0.2) is 0 Å². The van der Waals surface area contributed by atoms with Crippen LogP contribution in [0, 0.1) is 0 Å². The molecule has 4 heteroatoms. The molecular weight excluding hydrogens is 192 g/mol. The maximum Gasteiger partial charge on any atom is 0.320 e. The molecule has 2 aromatic rings. The average molecular weight is 207 g/mol. The van der Waals surface area contributed by atoms with Crippen LogP contribution in [0.1, 0.15) is 9.68 Å². The Bertz CT molecular complexity index is 607. The molecule has 1 atom stereocenters. The number of fused-ring (bicyclic) bond motifs is 1. The Labute approximate surface area is 90.9 Å². The van der Waals surface area contributed by atoms with Crippen LogP contribution in [0.25, 0.3) is 10.9 Å². The molecule has 0 aliphatic rings. The molecule has 0 aliphatic heterocycles. The van der Waals surface area contributed by atoms with E-state index in [1.54, 1.807) is 24.3 Å². The molecule has 0 saturated carbocycles. The first-order valence-corrected chi connectivity index (χ1v) is 4.37. The number of aromatic amines is 1. The molecule has 0 bridgehead atoms. The minimum Gasteiger partial charge on any atom is -0.480 e. The minimum absolute atomic E-state index is 0.0676. The number of aromatic nitrogens is 1. The Hall–Kier alpha value is -1.81. The second kappa shape index (κ2) is 3.74. The number of carboxylic acid groups (broad SMARTS) is 1. The number of hydrogen-bond acceptors (Lipinski definition) is 2. The van der Waals surface area contributed by atoms with Crippen LogP contribution in [0.5, 0.6) is 0 Å². The second-order valence-electron chi connectivity index (χ2n) is 3.09. The van der Waals surface area contributed by atoms with E-state index in [2.05, 4.69) is 4.98 Å². The van der Waals surface area contributed by atoms with E-state index in [1.807, 2.05) is 0 Å². The summed E-state index contributed by atoms with van der Waals surface area (Å²) in [5.74, 6) is -1.71. The van der Waals surface area contributed by atoms with E-state index < -0.39 is 18.4 Å². The largest absolute Gasteiger partial charge is 0.480 e. The van der Waals surface area contributed by atoms with E-state index in [9.17, 15) is 4.79 Å². The molecule has 0 unspecified atom stereocenters. The summed E-state index contributed by atoms with van der Waals surface area (Å²) in [4.78, 5) is 13.8. The normalized spacial score (nSPS) is 18.9. The quantitative estimate of drug-likeness (QED) is 0.705. The molecule has 2 rings (SSSR count). The van der Waals surface area contributed by atoms with Crippen LogP contribution in [0.3, 0.4) is 0 Å². The van der Waals surface area contributed by atoms with Gasteiger partial charge in [-0.05, 0) is 11.6 Å². The van der Waals surface area contributed by atoms with Crippen LogP contribution in [0.15, 0.2) is 30.5 Å². The lowest BCUT2D eigenvalue weighted by Gasteiger charge is -2.04. The van der Waals surface area contributed by atoms with Gasteiger partial charge in [-0.25, -0.2) is 0 Å². The van der Waals surface area contributed by atoms with Crippen molar-refractivity contribution in [1.29, 1.82) is 0 Å². The summed E-state index contributed by atoms with van der Waals surface area (Å²) in [7, 11) is 0. The number of nitrogens with two attached hydrogens (primary N) is 1.